The van der Waals surface area contributed by atoms with Crippen LogP contribution in [0, 0.1) is 6.92 Å². The standard InChI is InChI=1S/C18H17ClN2O3S/c1-11-15(19)5-4-6-16(11)20-18-12(2)17(25(22,23)21-18)13-7-9-14(24-3)10-8-13/h4-10H,1-3H3,(H,20,21). The lowest BCUT2D eigenvalue weighted by Gasteiger charge is -2.11. The first-order valence-corrected chi connectivity index (χ1v) is 9.38. The van der Waals surface area contributed by atoms with Gasteiger partial charge in [0.25, 0.3) is 10.0 Å². The Kier molecular flexibility index (Phi) is 4.58. The van der Waals surface area contributed by atoms with Gasteiger partial charge >= 0.3 is 0 Å². The normalized spacial score (nSPS) is 15.9. The van der Waals surface area contributed by atoms with Crippen LogP contribution in [0.15, 0.2) is 52.4 Å². The second-order valence-electron chi connectivity index (χ2n) is 5.63. The fraction of sp³-hybridized carbons (Fsp3) is 0.167. The molecule has 0 spiro atoms. The van der Waals surface area contributed by atoms with Gasteiger partial charge in [0.15, 0.2) is 0 Å². The molecule has 0 radical (unpaired) electrons. The Labute approximate surface area is 152 Å². The number of benzene rings is 2. The molecule has 2 aromatic carbocycles. The van der Waals surface area contributed by atoms with Crippen molar-refractivity contribution < 1.29 is 13.2 Å². The Morgan fingerprint density at radius 2 is 1.76 bits per heavy atom. The third kappa shape index (κ3) is 3.27. The van der Waals surface area contributed by atoms with E-state index in [-0.39, 0.29) is 4.91 Å². The number of halogens is 1. The lowest BCUT2D eigenvalue weighted by atomic mass is 10.1. The largest absolute Gasteiger partial charge is 0.497 e. The van der Waals surface area contributed by atoms with Gasteiger partial charge in [-0.25, -0.2) is 0 Å². The SMILES string of the molecule is COc1ccc(C2=C(C)C(Nc3cccc(Cl)c3C)=NS2(=O)=O)cc1. The quantitative estimate of drug-likeness (QED) is 0.869. The van der Waals surface area contributed by atoms with Gasteiger partial charge in [-0.1, -0.05) is 17.7 Å². The highest BCUT2D eigenvalue weighted by atomic mass is 35.5. The highest BCUT2D eigenvalue weighted by Gasteiger charge is 2.31. The van der Waals surface area contributed by atoms with E-state index in [4.69, 9.17) is 16.3 Å². The molecule has 3 rings (SSSR count). The molecule has 0 aliphatic carbocycles. The zero-order valence-corrected chi connectivity index (χ0v) is 15.6. The topological polar surface area (TPSA) is 67.8 Å². The first-order chi connectivity index (χ1) is 11.8. The summed E-state index contributed by atoms with van der Waals surface area (Å²) in [7, 11) is -2.21. The summed E-state index contributed by atoms with van der Waals surface area (Å²) >= 11 is 6.12. The number of nitrogens with zero attached hydrogens (tertiary/aromatic N) is 1. The molecule has 0 saturated carbocycles. The fourth-order valence-corrected chi connectivity index (χ4v) is 4.24. The van der Waals surface area contributed by atoms with Crippen molar-refractivity contribution in [1.29, 1.82) is 0 Å². The van der Waals surface area contributed by atoms with Crippen LogP contribution in [0.4, 0.5) is 5.69 Å². The second-order valence-corrected chi connectivity index (χ2v) is 7.58. The third-order valence-electron chi connectivity index (χ3n) is 4.04. The van der Waals surface area contributed by atoms with Gasteiger partial charge in [-0.05, 0) is 61.4 Å². The van der Waals surface area contributed by atoms with Gasteiger partial charge in [0, 0.05) is 16.3 Å². The van der Waals surface area contributed by atoms with E-state index >= 15 is 0 Å². The van der Waals surface area contributed by atoms with Gasteiger partial charge in [0.1, 0.15) is 16.5 Å². The molecule has 0 bridgehead atoms. The number of hydrogen-bond donors (Lipinski definition) is 1. The summed E-state index contributed by atoms with van der Waals surface area (Å²) in [6.45, 7) is 3.59. The maximum absolute atomic E-state index is 12.5. The van der Waals surface area contributed by atoms with Crippen LogP contribution in [0.2, 0.25) is 5.02 Å². The summed E-state index contributed by atoms with van der Waals surface area (Å²) in [5.74, 6) is 0.961. The smallest absolute Gasteiger partial charge is 0.285 e. The molecular weight excluding hydrogens is 360 g/mol. The number of methoxy groups -OCH3 is 1. The average Bonchev–Trinajstić information content (AvgIpc) is 2.81. The van der Waals surface area contributed by atoms with Gasteiger partial charge in [-0.15, -0.1) is 4.40 Å². The van der Waals surface area contributed by atoms with Crippen molar-refractivity contribution in [3.8, 4) is 5.75 Å². The summed E-state index contributed by atoms with van der Waals surface area (Å²) in [6, 6.07) is 12.3. The van der Waals surface area contributed by atoms with E-state index in [9.17, 15) is 8.42 Å². The monoisotopic (exact) mass is 376 g/mol. The van der Waals surface area contributed by atoms with Crippen LogP contribution in [-0.4, -0.2) is 21.4 Å². The van der Waals surface area contributed by atoms with E-state index in [1.54, 1.807) is 50.4 Å². The number of amidine groups is 1. The molecule has 0 aromatic heterocycles. The third-order valence-corrected chi connectivity index (χ3v) is 5.93. The number of hydrogen-bond acceptors (Lipinski definition) is 4. The van der Waals surface area contributed by atoms with Crippen molar-refractivity contribution >= 4 is 38.1 Å². The fourth-order valence-electron chi connectivity index (χ4n) is 2.63. The predicted octanol–water partition coefficient (Wildman–Crippen LogP) is 4.24. The van der Waals surface area contributed by atoms with Crippen LogP contribution in [0.5, 0.6) is 5.75 Å². The Bertz CT molecular complexity index is 993. The Morgan fingerprint density at radius 1 is 1.08 bits per heavy atom. The van der Waals surface area contributed by atoms with E-state index in [2.05, 4.69) is 9.71 Å². The van der Waals surface area contributed by atoms with E-state index in [0.717, 1.165) is 11.3 Å². The first-order valence-electron chi connectivity index (χ1n) is 7.56. The molecule has 0 amide bonds. The van der Waals surface area contributed by atoms with Crippen LogP contribution in [0.1, 0.15) is 18.1 Å². The van der Waals surface area contributed by atoms with Crippen molar-refractivity contribution in [2.75, 3.05) is 12.4 Å². The number of rotatable bonds is 3. The highest BCUT2D eigenvalue weighted by molar-refractivity contribution is 8.00. The molecule has 0 unspecified atom stereocenters. The second kappa shape index (κ2) is 6.54. The molecule has 130 valence electrons. The molecule has 0 saturated heterocycles. The van der Waals surface area contributed by atoms with Crippen molar-refractivity contribution in [2.45, 2.75) is 13.8 Å². The summed E-state index contributed by atoms with van der Waals surface area (Å²) in [4.78, 5) is 0.192. The van der Waals surface area contributed by atoms with E-state index in [1.807, 2.05) is 13.0 Å². The minimum absolute atomic E-state index is 0.192. The summed E-state index contributed by atoms with van der Waals surface area (Å²) in [5, 5.41) is 3.68. The molecule has 7 heteroatoms. The highest BCUT2D eigenvalue weighted by Crippen LogP contribution is 2.34. The minimum Gasteiger partial charge on any atom is -0.497 e. The van der Waals surface area contributed by atoms with Crippen LogP contribution < -0.4 is 10.1 Å². The molecule has 1 aliphatic heterocycles. The molecule has 25 heavy (non-hydrogen) atoms. The molecular formula is C18H17ClN2O3S. The maximum Gasteiger partial charge on any atom is 0.285 e. The molecule has 1 aliphatic rings. The number of anilines is 1. The Hall–Kier alpha value is -2.31. The van der Waals surface area contributed by atoms with Gasteiger partial charge in [0.05, 0.1) is 7.11 Å². The van der Waals surface area contributed by atoms with Gasteiger partial charge in [0.2, 0.25) is 0 Å². The van der Waals surface area contributed by atoms with Gasteiger partial charge in [-0.3, -0.25) is 0 Å². The van der Waals surface area contributed by atoms with E-state index < -0.39 is 10.0 Å². The van der Waals surface area contributed by atoms with E-state index in [1.165, 1.54) is 0 Å². The summed E-state index contributed by atoms with van der Waals surface area (Å²) in [5.41, 5.74) is 2.68. The predicted molar refractivity (Wildman–Crippen MR) is 102 cm³/mol. The van der Waals surface area contributed by atoms with Crippen LogP contribution in [0.25, 0.3) is 4.91 Å². The number of sulfonamides is 1. The number of ether oxygens (including phenoxy) is 1. The molecule has 0 atom stereocenters. The Morgan fingerprint density at radius 3 is 2.40 bits per heavy atom. The van der Waals surface area contributed by atoms with Crippen molar-refractivity contribution in [3.05, 3.63) is 64.2 Å². The molecule has 1 N–H and O–H groups in total. The first kappa shape index (κ1) is 17.5. The number of nitrogens with one attached hydrogen (secondary N) is 1. The Balaban J connectivity index is 2.02. The zero-order valence-electron chi connectivity index (χ0n) is 14.0. The maximum atomic E-state index is 12.5. The molecule has 5 nitrogen and oxygen atoms in total. The van der Waals surface area contributed by atoms with Crippen LogP contribution in [0.3, 0.4) is 0 Å². The molecule has 0 fully saturated rings. The van der Waals surface area contributed by atoms with Crippen molar-refractivity contribution in [2.24, 2.45) is 4.40 Å². The van der Waals surface area contributed by atoms with E-state index in [0.29, 0.717) is 27.7 Å². The minimum atomic E-state index is -3.77. The summed E-state index contributed by atoms with van der Waals surface area (Å²) < 4.78 is 34.1. The molecule has 2 aromatic rings. The van der Waals surface area contributed by atoms with Crippen LogP contribution in [-0.2, 0) is 10.0 Å². The average molecular weight is 377 g/mol. The zero-order chi connectivity index (χ0) is 18.2. The van der Waals surface area contributed by atoms with Crippen molar-refractivity contribution in [1.82, 2.24) is 0 Å². The van der Waals surface area contributed by atoms with Gasteiger partial charge in [-0.2, -0.15) is 8.42 Å². The van der Waals surface area contributed by atoms with Crippen LogP contribution >= 0.6 is 11.6 Å². The lowest BCUT2D eigenvalue weighted by molar-refractivity contribution is 0.415. The van der Waals surface area contributed by atoms with Crippen molar-refractivity contribution in [3.63, 3.8) is 0 Å². The lowest BCUT2D eigenvalue weighted by Crippen LogP contribution is -2.12. The molecule has 1 heterocycles. The van der Waals surface area contributed by atoms with Gasteiger partial charge < -0.3 is 10.1 Å². The summed E-state index contributed by atoms with van der Waals surface area (Å²) in [6.07, 6.45) is 0.